The van der Waals surface area contributed by atoms with Crippen LogP contribution in [-0.2, 0) is 6.61 Å². The molecule has 0 amide bonds. The highest BCUT2D eigenvalue weighted by Crippen LogP contribution is 2.23. The topological polar surface area (TPSA) is 50.1 Å². The monoisotopic (exact) mass is 251 g/mol. The number of hydrogen-bond acceptors (Lipinski definition) is 3. The molecule has 2 aromatic carbocycles. The zero-order valence-electron chi connectivity index (χ0n) is 10.6. The van der Waals surface area contributed by atoms with Gasteiger partial charge < -0.3 is 4.74 Å². The van der Waals surface area contributed by atoms with Crippen LogP contribution in [0.3, 0.4) is 0 Å². The summed E-state index contributed by atoms with van der Waals surface area (Å²) in [4.78, 5) is 11.0. The SMILES string of the molecule is Cc1cccc(C=O)c1OCc1cccc(C#N)c1. The maximum Gasteiger partial charge on any atom is 0.153 e. The molecule has 3 heteroatoms. The van der Waals surface area contributed by atoms with Crippen LogP contribution in [0.25, 0.3) is 0 Å². The molecule has 0 N–H and O–H groups in total. The number of carbonyl (C=O) groups is 1. The first kappa shape index (κ1) is 12.8. The summed E-state index contributed by atoms with van der Waals surface area (Å²) in [5, 5.41) is 8.84. The van der Waals surface area contributed by atoms with E-state index in [1.54, 1.807) is 18.2 Å². The minimum absolute atomic E-state index is 0.335. The summed E-state index contributed by atoms with van der Waals surface area (Å²) in [6.07, 6.45) is 0.786. The van der Waals surface area contributed by atoms with Gasteiger partial charge in [-0.25, -0.2) is 0 Å². The Kier molecular flexibility index (Phi) is 3.94. The number of nitriles is 1. The number of hydrogen-bond donors (Lipinski definition) is 0. The lowest BCUT2D eigenvalue weighted by Gasteiger charge is -2.11. The molecule has 0 fully saturated rings. The second kappa shape index (κ2) is 5.83. The van der Waals surface area contributed by atoms with Crippen molar-refractivity contribution in [2.24, 2.45) is 0 Å². The fourth-order valence-electron chi connectivity index (χ4n) is 1.85. The lowest BCUT2D eigenvalue weighted by molar-refractivity contribution is 0.111. The zero-order valence-corrected chi connectivity index (χ0v) is 10.6. The van der Waals surface area contributed by atoms with Gasteiger partial charge in [-0.2, -0.15) is 5.26 Å². The van der Waals surface area contributed by atoms with E-state index >= 15 is 0 Å². The minimum atomic E-state index is 0.335. The molecule has 0 saturated heterocycles. The van der Waals surface area contributed by atoms with Crippen molar-refractivity contribution in [3.8, 4) is 11.8 Å². The van der Waals surface area contributed by atoms with E-state index in [0.717, 1.165) is 17.4 Å². The van der Waals surface area contributed by atoms with Crippen LogP contribution in [0.2, 0.25) is 0 Å². The van der Waals surface area contributed by atoms with Crippen molar-refractivity contribution in [3.05, 3.63) is 64.7 Å². The quantitative estimate of drug-likeness (QED) is 0.784. The van der Waals surface area contributed by atoms with Crippen molar-refractivity contribution in [1.29, 1.82) is 5.26 Å². The summed E-state index contributed by atoms with van der Waals surface area (Å²) in [5.41, 5.74) is 2.96. The molecule has 0 bridgehead atoms. The van der Waals surface area contributed by atoms with Crippen LogP contribution in [0, 0.1) is 18.3 Å². The molecule has 0 aliphatic rings. The Bertz CT molecular complexity index is 641. The van der Waals surface area contributed by atoms with Gasteiger partial charge in [0.15, 0.2) is 6.29 Å². The van der Waals surface area contributed by atoms with Crippen molar-refractivity contribution < 1.29 is 9.53 Å². The highest BCUT2D eigenvalue weighted by Gasteiger charge is 2.06. The third kappa shape index (κ3) is 2.99. The van der Waals surface area contributed by atoms with Crippen LogP contribution in [0.1, 0.15) is 27.0 Å². The number of para-hydroxylation sites is 1. The Morgan fingerprint density at radius 3 is 2.79 bits per heavy atom. The van der Waals surface area contributed by atoms with Gasteiger partial charge in [0.05, 0.1) is 17.2 Å². The molecule has 0 aliphatic heterocycles. The molecule has 0 saturated carbocycles. The van der Waals surface area contributed by atoms with Crippen molar-refractivity contribution in [2.45, 2.75) is 13.5 Å². The summed E-state index contributed by atoms with van der Waals surface area (Å²) in [5.74, 6) is 0.597. The molecule has 0 aromatic heterocycles. The van der Waals surface area contributed by atoms with Gasteiger partial charge in [0, 0.05) is 0 Å². The third-order valence-electron chi connectivity index (χ3n) is 2.81. The van der Waals surface area contributed by atoms with Crippen molar-refractivity contribution in [1.82, 2.24) is 0 Å². The Labute approximate surface area is 112 Å². The Morgan fingerprint density at radius 1 is 1.26 bits per heavy atom. The van der Waals surface area contributed by atoms with Gasteiger partial charge in [-0.1, -0.05) is 24.3 Å². The lowest BCUT2D eigenvalue weighted by Crippen LogP contribution is -2.00. The Morgan fingerprint density at radius 2 is 2.05 bits per heavy atom. The van der Waals surface area contributed by atoms with Gasteiger partial charge in [-0.05, 0) is 36.2 Å². The largest absolute Gasteiger partial charge is 0.488 e. The van der Waals surface area contributed by atoms with E-state index in [9.17, 15) is 4.79 Å². The molecule has 94 valence electrons. The highest BCUT2D eigenvalue weighted by molar-refractivity contribution is 5.80. The second-order valence-electron chi connectivity index (χ2n) is 4.21. The summed E-state index contributed by atoms with van der Waals surface area (Å²) in [6, 6.07) is 14.8. The van der Waals surface area contributed by atoms with E-state index < -0.39 is 0 Å². The maximum absolute atomic E-state index is 11.0. The van der Waals surface area contributed by atoms with Crippen molar-refractivity contribution in [2.75, 3.05) is 0 Å². The molecular formula is C16H13NO2. The van der Waals surface area contributed by atoms with E-state index in [0.29, 0.717) is 23.5 Å². The van der Waals surface area contributed by atoms with Crippen LogP contribution in [0.5, 0.6) is 5.75 Å². The van der Waals surface area contributed by atoms with Crippen LogP contribution in [-0.4, -0.2) is 6.29 Å². The number of aldehydes is 1. The van der Waals surface area contributed by atoms with Crippen molar-refractivity contribution >= 4 is 6.29 Å². The molecule has 2 aromatic rings. The van der Waals surface area contributed by atoms with E-state index in [4.69, 9.17) is 10.00 Å². The van der Waals surface area contributed by atoms with Gasteiger partial charge in [0.1, 0.15) is 12.4 Å². The first-order valence-electron chi connectivity index (χ1n) is 5.91. The highest BCUT2D eigenvalue weighted by atomic mass is 16.5. The smallest absolute Gasteiger partial charge is 0.153 e. The van der Waals surface area contributed by atoms with Gasteiger partial charge in [0.25, 0.3) is 0 Å². The number of rotatable bonds is 4. The third-order valence-corrected chi connectivity index (χ3v) is 2.81. The molecule has 3 nitrogen and oxygen atoms in total. The van der Waals surface area contributed by atoms with Gasteiger partial charge in [-0.15, -0.1) is 0 Å². The maximum atomic E-state index is 11.0. The number of benzene rings is 2. The van der Waals surface area contributed by atoms with Gasteiger partial charge >= 0.3 is 0 Å². The first-order chi connectivity index (χ1) is 9.24. The van der Waals surface area contributed by atoms with E-state index in [1.165, 1.54) is 0 Å². The fraction of sp³-hybridized carbons (Fsp3) is 0.125. The van der Waals surface area contributed by atoms with Crippen LogP contribution in [0.15, 0.2) is 42.5 Å². The molecule has 0 radical (unpaired) electrons. The average Bonchev–Trinajstić information content (AvgIpc) is 2.46. The van der Waals surface area contributed by atoms with Gasteiger partial charge in [0.2, 0.25) is 0 Å². The van der Waals surface area contributed by atoms with Crippen molar-refractivity contribution in [3.63, 3.8) is 0 Å². The first-order valence-corrected chi connectivity index (χ1v) is 5.91. The number of ether oxygens (including phenoxy) is 1. The normalized spacial score (nSPS) is 9.68. The van der Waals surface area contributed by atoms with Crippen LogP contribution >= 0.6 is 0 Å². The second-order valence-corrected chi connectivity index (χ2v) is 4.21. The molecule has 0 heterocycles. The van der Waals surface area contributed by atoms with E-state index in [1.807, 2.05) is 31.2 Å². The molecular weight excluding hydrogens is 238 g/mol. The molecule has 19 heavy (non-hydrogen) atoms. The fourth-order valence-corrected chi connectivity index (χ4v) is 1.85. The van der Waals surface area contributed by atoms with E-state index in [2.05, 4.69) is 6.07 Å². The Balaban J connectivity index is 2.19. The average molecular weight is 251 g/mol. The predicted octanol–water partition coefficient (Wildman–Crippen LogP) is 3.26. The van der Waals surface area contributed by atoms with Gasteiger partial charge in [-0.3, -0.25) is 4.79 Å². The van der Waals surface area contributed by atoms with Crippen LogP contribution < -0.4 is 4.74 Å². The molecule has 2 rings (SSSR count). The summed E-state index contributed by atoms with van der Waals surface area (Å²) in [6.45, 7) is 2.23. The predicted molar refractivity (Wildman–Crippen MR) is 72.1 cm³/mol. The lowest BCUT2D eigenvalue weighted by atomic mass is 10.1. The Hall–Kier alpha value is -2.60. The number of nitrogens with zero attached hydrogens (tertiary/aromatic N) is 1. The molecule has 0 aliphatic carbocycles. The zero-order chi connectivity index (χ0) is 13.7. The molecule has 0 spiro atoms. The number of aryl methyl sites for hydroxylation is 1. The molecule has 0 unspecified atom stereocenters. The summed E-state index contributed by atoms with van der Waals surface area (Å²) >= 11 is 0. The van der Waals surface area contributed by atoms with E-state index in [-0.39, 0.29) is 0 Å². The minimum Gasteiger partial charge on any atom is -0.488 e. The standard InChI is InChI=1S/C16H13NO2/c1-12-4-2-7-15(10-18)16(12)19-11-14-6-3-5-13(8-14)9-17/h2-8,10H,11H2,1H3. The molecule has 0 atom stereocenters. The summed E-state index contributed by atoms with van der Waals surface area (Å²) in [7, 11) is 0. The number of carbonyl (C=O) groups excluding carboxylic acids is 1. The summed E-state index contributed by atoms with van der Waals surface area (Å²) < 4.78 is 5.70. The van der Waals surface area contributed by atoms with Crippen LogP contribution in [0.4, 0.5) is 0 Å².